The number of ether oxygens (including phenoxy) is 1. The predicted molar refractivity (Wildman–Crippen MR) is 93.9 cm³/mol. The lowest BCUT2D eigenvalue weighted by atomic mass is 9.92. The molecule has 0 saturated heterocycles. The Kier molecular flexibility index (Phi) is 5.13. The maximum atomic E-state index is 12.4. The monoisotopic (exact) mass is 341 g/mol. The van der Waals surface area contributed by atoms with Gasteiger partial charge in [-0.15, -0.1) is 0 Å². The van der Waals surface area contributed by atoms with E-state index in [-0.39, 0.29) is 17.5 Å². The smallest absolute Gasteiger partial charge is 0.269 e. The van der Waals surface area contributed by atoms with E-state index in [2.05, 4.69) is 10.6 Å². The highest BCUT2D eigenvalue weighted by molar-refractivity contribution is 5.84. The standard InChI is InChI=1S/C18H19N3O4/c22-18(16-9-12-25-17-4-2-1-3-15(16)17)20-11-10-19-13-5-7-14(8-6-13)21(23)24/h1-8,16,19H,9-12H2,(H,20,22). The molecule has 1 heterocycles. The third kappa shape index (κ3) is 4.06. The summed E-state index contributed by atoms with van der Waals surface area (Å²) in [5, 5.41) is 16.7. The zero-order chi connectivity index (χ0) is 17.6. The molecule has 3 rings (SSSR count). The predicted octanol–water partition coefficient (Wildman–Crippen LogP) is 2.69. The summed E-state index contributed by atoms with van der Waals surface area (Å²) >= 11 is 0. The van der Waals surface area contributed by atoms with Gasteiger partial charge in [0.2, 0.25) is 5.91 Å². The average molecular weight is 341 g/mol. The van der Waals surface area contributed by atoms with Crippen LogP contribution in [0.5, 0.6) is 5.75 Å². The lowest BCUT2D eigenvalue weighted by Crippen LogP contribution is -2.35. The number of fused-ring (bicyclic) bond motifs is 1. The van der Waals surface area contributed by atoms with Crippen molar-refractivity contribution in [1.82, 2.24) is 5.32 Å². The van der Waals surface area contributed by atoms with Crippen LogP contribution in [0, 0.1) is 10.1 Å². The number of carbonyl (C=O) groups is 1. The number of hydrogen-bond donors (Lipinski definition) is 2. The summed E-state index contributed by atoms with van der Waals surface area (Å²) in [7, 11) is 0. The van der Waals surface area contributed by atoms with Crippen molar-refractivity contribution in [2.45, 2.75) is 12.3 Å². The molecule has 0 saturated carbocycles. The van der Waals surface area contributed by atoms with Crippen LogP contribution in [0.3, 0.4) is 0 Å². The summed E-state index contributed by atoms with van der Waals surface area (Å²) in [4.78, 5) is 22.6. The van der Waals surface area contributed by atoms with E-state index in [1.807, 2.05) is 24.3 Å². The van der Waals surface area contributed by atoms with E-state index >= 15 is 0 Å². The van der Waals surface area contributed by atoms with Crippen LogP contribution in [0.1, 0.15) is 17.9 Å². The molecule has 130 valence electrons. The van der Waals surface area contributed by atoms with Gasteiger partial charge < -0.3 is 15.4 Å². The quantitative estimate of drug-likeness (QED) is 0.479. The lowest BCUT2D eigenvalue weighted by Gasteiger charge is -2.25. The van der Waals surface area contributed by atoms with Crippen LogP contribution in [0.2, 0.25) is 0 Å². The minimum atomic E-state index is -0.435. The number of nitrogens with zero attached hydrogens (tertiary/aromatic N) is 1. The first-order chi connectivity index (χ1) is 12.1. The Morgan fingerprint density at radius 3 is 2.68 bits per heavy atom. The highest BCUT2D eigenvalue weighted by atomic mass is 16.6. The molecule has 7 nitrogen and oxygen atoms in total. The molecule has 0 aromatic heterocycles. The largest absolute Gasteiger partial charge is 0.493 e. The average Bonchev–Trinajstić information content (AvgIpc) is 2.65. The molecular weight excluding hydrogens is 322 g/mol. The van der Waals surface area contributed by atoms with Crippen molar-refractivity contribution in [2.75, 3.05) is 25.0 Å². The van der Waals surface area contributed by atoms with Crippen molar-refractivity contribution >= 4 is 17.3 Å². The molecule has 1 aliphatic heterocycles. The molecule has 0 spiro atoms. The minimum Gasteiger partial charge on any atom is -0.493 e. The molecule has 0 aliphatic carbocycles. The molecule has 0 bridgehead atoms. The summed E-state index contributed by atoms with van der Waals surface area (Å²) in [5.41, 5.74) is 1.75. The Morgan fingerprint density at radius 1 is 1.16 bits per heavy atom. The summed E-state index contributed by atoms with van der Waals surface area (Å²) in [6.07, 6.45) is 0.665. The molecule has 1 amide bonds. The first kappa shape index (κ1) is 16.8. The number of nitro groups is 1. The molecule has 2 N–H and O–H groups in total. The number of nitro benzene ring substituents is 1. The Morgan fingerprint density at radius 2 is 1.92 bits per heavy atom. The van der Waals surface area contributed by atoms with Crippen molar-refractivity contribution < 1.29 is 14.5 Å². The van der Waals surface area contributed by atoms with Crippen LogP contribution in [-0.2, 0) is 4.79 Å². The van der Waals surface area contributed by atoms with Crippen molar-refractivity contribution in [1.29, 1.82) is 0 Å². The van der Waals surface area contributed by atoms with Gasteiger partial charge in [0.1, 0.15) is 5.75 Å². The highest BCUT2D eigenvalue weighted by Crippen LogP contribution is 2.33. The molecule has 2 aromatic rings. The number of anilines is 1. The van der Waals surface area contributed by atoms with Crippen molar-refractivity contribution in [3.63, 3.8) is 0 Å². The van der Waals surface area contributed by atoms with E-state index in [9.17, 15) is 14.9 Å². The van der Waals surface area contributed by atoms with E-state index in [1.54, 1.807) is 12.1 Å². The SMILES string of the molecule is O=C(NCCNc1ccc([N+](=O)[O-])cc1)C1CCOc2ccccc21. The molecule has 0 fully saturated rings. The van der Waals surface area contributed by atoms with Crippen LogP contribution in [-0.4, -0.2) is 30.5 Å². The topological polar surface area (TPSA) is 93.5 Å². The maximum absolute atomic E-state index is 12.4. The maximum Gasteiger partial charge on any atom is 0.269 e. The third-order valence-electron chi connectivity index (χ3n) is 4.11. The van der Waals surface area contributed by atoms with Crippen LogP contribution < -0.4 is 15.4 Å². The van der Waals surface area contributed by atoms with Gasteiger partial charge in [-0.1, -0.05) is 18.2 Å². The Balaban J connectivity index is 1.48. The molecule has 2 aromatic carbocycles. The first-order valence-corrected chi connectivity index (χ1v) is 8.13. The van der Waals surface area contributed by atoms with Gasteiger partial charge in [-0.2, -0.15) is 0 Å². The zero-order valence-electron chi connectivity index (χ0n) is 13.6. The van der Waals surface area contributed by atoms with Gasteiger partial charge in [-0.05, 0) is 24.6 Å². The van der Waals surface area contributed by atoms with E-state index in [0.717, 1.165) is 17.0 Å². The Bertz CT molecular complexity index is 761. The molecule has 1 unspecified atom stereocenters. The number of nitrogens with one attached hydrogen (secondary N) is 2. The van der Waals surface area contributed by atoms with Crippen molar-refractivity contribution in [3.05, 3.63) is 64.2 Å². The molecule has 1 atom stereocenters. The number of non-ortho nitro benzene ring substituents is 1. The zero-order valence-corrected chi connectivity index (χ0v) is 13.6. The second kappa shape index (κ2) is 7.65. The fraction of sp³-hybridized carbons (Fsp3) is 0.278. The van der Waals surface area contributed by atoms with Gasteiger partial charge in [0.05, 0.1) is 17.4 Å². The summed E-state index contributed by atoms with van der Waals surface area (Å²) in [6.45, 7) is 1.54. The van der Waals surface area contributed by atoms with Crippen molar-refractivity contribution in [2.24, 2.45) is 0 Å². The van der Waals surface area contributed by atoms with E-state index in [4.69, 9.17) is 4.74 Å². The van der Waals surface area contributed by atoms with Crippen LogP contribution in [0.25, 0.3) is 0 Å². The molecular formula is C18H19N3O4. The van der Waals surface area contributed by atoms with Crippen LogP contribution >= 0.6 is 0 Å². The number of rotatable bonds is 6. The number of amides is 1. The van der Waals surface area contributed by atoms with Gasteiger partial charge in [-0.25, -0.2) is 0 Å². The van der Waals surface area contributed by atoms with E-state index in [0.29, 0.717) is 26.1 Å². The Labute approximate surface area is 145 Å². The van der Waals surface area contributed by atoms with Crippen LogP contribution in [0.4, 0.5) is 11.4 Å². The van der Waals surface area contributed by atoms with Gasteiger partial charge in [0, 0.05) is 36.5 Å². The normalized spacial score (nSPS) is 15.6. The van der Waals surface area contributed by atoms with Crippen LogP contribution in [0.15, 0.2) is 48.5 Å². The fourth-order valence-electron chi connectivity index (χ4n) is 2.83. The summed E-state index contributed by atoms with van der Waals surface area (Å²) < 4.78 is 5.57. The number of benzene rings is 2. The van der Waals surface area contributed by atoms with Gasteiger partial charge in [0.25, 0.3) is 5.69 Å². The highest BCUT2D eigenvalue weighted by Gasteiger charge is 2.26. The van der Waals surface area contributed by atoms with Gasteiger partial charge in [-0.3, -0.25) is 14.9 Å². The molecule has 7 heteroatoms. The number of hydrogen-bond acceptors (Lipinski definition) is 5. The van der Waals surface area contributed by atoms with Crippen molar-refractivity contribution in [3.8, 4) is 5.75 Å². The summed E-state index contributed by atoms with van der Waals surface area (Å²) in [6, 6.07) is 13.8. The third-order valence-corrected chi connectivity index (χ3v) is 4.11. The first-order valence-electron chi connectivity index (χ1n) is 8.13. The molecule has 1 aliphatic rings. The Hall–Kier alpha value is -3.09. The number of carbonyl (C=O) groups excluding carboxylic acids is 1. The van der Waals surface area contributed by atoms with Gasteiger partial charge >= 0.3 is 0 Å². The van der Waals surface area contributed by atoms with Gasteiger partial charge in [0.15, 0.2) is 0 Å². The lowest BCUT2D eigenvalue weighted by molar-refractivity contribution is -0.384. The number of para-hydroxylation sites is 1. The summed E-state index contributed by atoms with van der Waals surface area (Å²) in [5.74, 6) is 0.573. The minimum absolute atomic E-state index is 0.0127. The second-order valence-electron chi connectivity index (χ2n) is 5.75. The fourth-order valence-corrected chi connectivity index (χ4v) is 2.83. The van der Waals surface area contributed by atoms with E-state index in [1.165, 1.54) is 12.1 Å². The molecule has 0 radical (unpaired) electrons. The molecule has 25 heavy (non-hydrogen) atoms. The van der Waals surface area contributed by atoms with E-state index < -0.39 is 4.92 Å². The second-order valence-corrected chi connectivity index (χ2v) is 5.75.